The summed E-state index contributed by atoms with van der Waals surface area (Å²) in [6.45, 7) is 5.52. The topological polar surface area (TPSA) is 100 Å². The van der Waals surface area contributed by atoms with Gasteiger partial charge in [0.1, 0.15) is 22.4 Å². The number of pyridine rings is 1. The van der Waals surface area contributed by atoms with Crippen LogP contribution in [0.3, 0.4) is 0 Å². The number of aliphatic hydroxyl groups is 1. The molecule has 0 fully saturated rings. The van der Waals surface area contributed by atoms with Crippen molar-refractivity contribution in [2.45, 2.75) is 37.8 Å². The first kappa shape index (κ1) is 24.9. The Morgan fingerprint density at radius 3 is 2.76 bits per heavy atom. The SMILES string of the molecule is C/C=C/c1ccc2c(c1)O[C@H](CN(C)C(=O)c1ccccn1)[C@H](C)CN([C@H](C)CO)S2(=O)=O. The lowest BCUT2D eigenvalue weighted by Crippen LogP contribution is -2.50. The molecule has 1 N–H and O–H groups in total. The second-order valence-electron chi connectivity index (χ2n) is 8.35. The number of sulfonamides is 1. The molecule has 0 aliphatic carbocycles. The molecule has 0 bridgehead atoms. The van der Waals surface area contributed by atoms with E-state index in [1.54, 1.807) is 50.5 Å². The lowest BCUT2D eigenvalue weighted by Gasteiger charge is -2.37. The third-order valence-corrected chi connectivity index (χ3v) is 7.75. The predicted molar refractivity (Wildman–Crippen MR) is 126 cm³/mol. The molecule has 3 atom stereocenters. The average Bonchev–Trinajstić information content (AvgIpc) is 2.81. The summed E-state index contributed by atoms with van der Waals surface area (Å²) in [7, 11) is -2.22. The smallest absolute Gasteiger partial charge is 0.272 e. The molecule has 9 heteroatoms. The van der Waals surface area contributed by atoms with E-state index in [4.69, 9.17) is 4.74 Å². The highest BCUT2D eigenvalue weighted by atomic mass is 32.2. The van der Waals surface area contributed by atoms with E-state index >= 15 is 0 Å². The van der Waals surface area contributed by atoms with Gasteiger partial charge in [-0.3, -0.25) is 9.78 Å². The minimum atomic E-state index is -3.90. The molecule has 0 unspecified atom stereocenters. The zero-order valence-corrected chi connectivity index (χ0v) is 20.2. The van der Waals surface area contributed by atoms with Crippen molar-refractivity contribution in [1.82, 2.24) is 14.2 Å². The highest BCUT2D eigenvalue weighted by molar-refractivity contribution is 7.89. The van der Waals surface area contributed by atoms with E-state index in [2.05, 4.69) is 4.98 Å². The number of rotatable bonds is 6. The number of carbonyl (C=O) groups excluding carboxylic acids is 1. The minimum absolute atomic E-state index is 0.0478. The van der Waals surface area contributed by atoms with Gasteiger partial charge in [-0.05, 0) is 43.7 Å². The van der Waals surface area contributed by atoms with E-state index in [1.165, 1.54) is 15.3 Å². The van der Waals surface area contributed by atoms with Gasteiger partial charge < -0.3 is 14.7 Å². The first-order valence-electron chi connectivity index (χ1n) is 10.9. The van der Waals surface area contributed by atoms with Crippen LogP contribution in [0.5, 0.6) is 5.75 Å². The van der Waals surface area contributed by atoms with Crippen molar-refractivity contribution < 1.29 is 23.1 Å². The van der Waals surface area contributed by atoms with Crippen molar-refractivity contribution in [1.29, 1.82) is 0 Å². The Morgan fingerprint density at radius 1 is 1.36 bits per heavy atom. The van der Waals surface area contributed by atoms with Gasteiger partial charge >= 0.3 is 0 Å². The van der Waals surface area contributed by atoms with Crippen LogP contribution in [-0.2, 0) is 10.0 Å². The summed E-state index contributed by atoms with van der Waals surface area (Å²) in [5.41, 5.74) is 1.13. The maximum absolute atomic E-state index is 13.5. The number of amides is 1. The fraction of sp³-hybridized carbons (Fsp3) is 0.417. The lowest BCUT2D eigenvalue weighted by atomic mass is 10.0. The second kappa shape index (κ2) is 10.5. The number of aromatic nitrogens is 1. The molecule has 2 heterocycles. The van der Waals surface area contributed by atoms with E-state index in [0.29, 0.717) is 5.69 Å². The highest BCUT2D eigenvalue weighted by Crippen LogP contribution is 2.34. The Balaban J connectivity index is 2.01. The number of ether oxygens (including phenoxy) is 1. The average molecular weight is 474 g/mol. The Bertz CT molecular complexity index is 1100. The molecule has 1 aromatic heterocycles. The Hall–Kier alpha value is -2.75. The summed E-state index contributed by atoms with van der Waals surface area (Å²) in [5, 5.41) is 9.73. The molecule has 178 valence electrons. The predicted octanol–water partition coefficient (Wildman–Crippen LogP) is 2.66. The number of hydrogen-bond donors (Lipinski definition) is 1. The fourth-order valence-corrected chi connectivity index (χ4v) is 5.62. The standard InChI is InChI=1S/C24H31N3O5S/c1-5-8-19-10-11-23-21(13-19)32-22(15-26(4)24(29)20-9-6-7-12-25-20)17(2)14-27(18(3)16-28)33(23,30)31/h5-13,17-18,22,28H,14-16H2,1-4H3/b8-5+/t17-,18-,22-/m1/s1. The molecule has 3 rings (SSSR count). The van der Waals surface area contributed by atoms with Gasteiger partial charge in [0.05, 0.1) is 13.2 Å². The van der Waals surface area contributed by atoms with E-state index in [1.807, 2.05) is 26.0 Å². The van der Waals surface area contributed by atoms with Gasteiger partial charge in [0.15, 0.2) is 0 Å². The molecule has 8 nitrogen and oxygen atoms in total. The quantitative estimate of drug-likeness (QED) is 0.692. The molecule has 2 aromatic rings. The summed E-state index contributed by atoms with van der Waals surface area (Å²) in [5.74, 6) is -0.271. The molecule has 1 amide bonds. The molecule has 1 aromatic carbocycles. The van der Waals surface area contributed by atoms with E-state index in [-0.39, 0.29) is 42.2 Å². The van der Waals surface area contributed by atoms with Crippen LogP contribution in [0.4, 0.5) is 0 Å². The number of allylic oxidation sites excluding steroid dienone is 1. The van der Waals surface area contributed by atoms with Crippen LogP contribution < -0.4 is 4.74 Å². The number of hydrogen-bond acceptors (Lipinski definition) is 6. The lowest BCUT2D eigenvalue weighted by molar-refractivity contribution is 0.0559. The molecule has 0 radical (unpaired) electrons. The first-order valence-corrected chi connectivity index (χ1v) is 12.4. The van der Waals surface area contributed by atoms with Crippen molar-refractivity contribution in [3.8, 4) is 5.75 Å². The van der Waals surface area contributed by atoms with Gasteiger partial charge in [-0.2, -0.15) is 4.31 Å². The number of aliphatic hydroxyl groups excluding tert-OH is 1. The summed E-state index contributed by atoms with van der Waals surface area (Å²) < 4.78 is 34.5. The molecule has 0 saturated heterocycles. The third kappa shape index (κ3) is 5.43. The highest BCUT2D eigenvalue weighted by Gasteiger charge is 2.38. The molecule has 1 aliphatic heterocycles. The molecule has 0 spiro atoms. The van der Waals surface area contributed by atoms with E-state index < -0.39 is 22.2 Å². The van der Waals surface area contributed by atoms with Crippen LogP contribution in [0.1, 0.15) is 36.8 Å². The molecular weight excluding hydrogens is 442 g/mol. The van der Waals surface area contributed by atoms with Crippen molar-refractivity contribution in [3.63, 3.8) is 0 Å². The third-order valence-electron chi connectivity index (χ3n) is 5.73. The van der Waals surface area contributed by atoms with Gasteiger partial charge in [-0.1, -0.05) is 31.2 Å². The van der Waals surface area contributed by atoms with Crippen LogP contribution in [0, 0.1) is 5.92 Å². The van der Waals surface area contributed by atoms with Gasteiger partial charge in [0, 0.05) is 31.7 Å². The fourth-order valence-electron chi connectivity index (χ4n) is 3.79. The molecule has 1 aliphatic rings. The number of likely N-dealkylation sites (N-methyl/N-ethyl adjacent to an activating group) is 1. The molecule has 33 heavy (non-hydrogen) atoms. The number of benzene rings is 1. The minimum Gasteiger partial charge on any atom is -0.487 e. The molecule has 0 saturated carbocycles. The van der Waals surface area contributed by atoms with E-state index in [0.717, 1.165) is 5.56 Å². The summed E-state index contributed by atoms with van der Waals surface area (Å²) >= 11 is 0. The zero-order valence-electron chi connectivity index (χ0n) is 19.4. The van der Waals surface area contributed by atoms with Crippen LogP contribution in [-0.4, -0.2) is 72.5 Å². The van der Waals surface area contributed by atoms with Gasteiger partial charge in [0.2, 0.25) is 10.0 Å². The van der Waals surface area contributed by atoms with Crippen molar-refractivity contribution >= 4 is 22.0 Å². The van der Waals surface area contributed by atoms with Crippen LogP contribution in [0.15, 0.2) is 53.6 Å². The van der Waals surface area contributed by atoms with Gasteiger partial charge in [-0.25, -0.2) is 8.42 Å². The van der Waals surface area contributed by atoms with Crippen LogP contribution in [0.25, 0.3) is 6.08 Å². The summed E-state index contributed by atoms with van der Waals surface area (Å²) in [6, 6.07) is 9.49. The summed E-state index contributed by atoms with van der Waals surface area (Å²) in [6.07, 6.45) is 4.80. The number of fused-ring (bicyclic) bond motifs is 1. The maximum Gasteiger partial charge on any atom is 0.272 e. The number of carbonyl (C=O) groups is 1. The monoisotopic (exact) mass is 473 g/mol. The zero-order chi connectivity index (χ0) is 24.2. The Labute approximate surface area is 195 Å². The Morgan fingerprint density at radius 2 is 2.12 bits per heavy atom. The Kier molecular flexibility index (Phi) is 7.88. The van der Waals surface area contributed by atoms with E-state index in [9.17, 15) is 18.3 Å². The van der Waals surface area contributed by atoms with Crippen molar-refractivity contribution in [3.05, 3.63) is 59.9 Å². The first-order chi connectivity index (χ1) is 15.7. The van der Waals surface area contributed by atoms with Crippen LogP contribution in [0.2, 0.25) is 0 Å². The van der Waals surface area contributed by atoms with Gasteiger partial charge in [0.25, 0.3) is 5.91 Å². The summed E-state index contributed by atoms with van der Waals surface area (Å²) in [4.78, 5) is 18.6. The largest absolute Gasteiger partial charge is 0.487 e. The second-order valence-corrected chi connectivity index (χ2v) is 10.2. The maximum atomic E-state index is 13.5. The van der Waals surface area contributed by atoms with Gasteiger partial charge in [-0.15, -0.1) is 0 Å². The normalized spacial score (nSPS) is 21.5. The number of nitrogens with zero attached hydrogens (tertiary/aromatic N) is 3. The molecular formula is C24H31N3O5S. The van der Waals surface area contributed by atoms with Crippen LogP contribution >= 0.6 is 0 Å². The van der Waals surface area contributed by atoms with Crippen molar-refractivity contribution in [2.24, 2.45) is 5.92 Å². The van der Waals surface area contributed by atoms with Crippen molar-refractivity contribution in [2.75, 3.05) is 26.7 Å².